The van der Waals surface area contributed by atoms with Crippen molar-refractivity contribution in [3.63, 3.8) is 0 Å². The summed E-state index contributed by atoms with van der Waals surface area (Å²) < 4.78 is 32.9. The molecule has 1 N–H and O–H groups in total. The second kappa shape index (κ2) is 10.2. The van der Waals surface area contributed by atoms with Gasteiger partial charge in [-0.05, 0) is 42.5 Å². The van der Waals surface area contributed by atoms with Crippen LogP contribution >= 0.6 is 11.3 Å². The maximum atomic E-state index is 12.9. The summed E-state index contributed by atoms with van der Waals surface area (Å²) >= 11 is 1.30. The smallest absolute Gasteiger partial charge is 0.257 e. The highest BCUT2D eigenvalue weighted by Gasteiger charge is 2.24. The number of nitrogens with zero attached hydrogens (tertiary/aromatic N) is 4. The van der Waals surface area contributed by atoms with Gasteiger partial charge in [0.2, 0.25) is 10.0 Å². The number of ether oxygens (including phenoxy) is 1. The summed E-state index contributed by atoms with van der Waals surface area (Å²) in [6.45, 7) is -0.0176. The van der Waals surface area contributed by atoms with Crippen molar-refractivity contribution in [1.82, 2.24) is 9.29 Å². The van der Waals surface area contributed by atoms with Crippen LogP contribution in [0.1, 0.15) is 23.2 Å². The highest BCUT2D eigenvalue weighted by atomic mass is 32.2. The minimum atomic E-state index is -3.89. The van der Waals surface area contributed by atoms with E-state index in [1.165, 1.54) is 35.6 Å². The maximum absolute atomic E-state index is 12.9. The van der Waals surface area contributed by atoms with Gasteiger partial charge in [0, 0.05) is 31.5 Å². The first-order chi connectivity index (χ1) is 15.4. The van der Waals surface area contributed by atoms with Gasteiger partial charge in [0.15, 0.2) is 5.13 Å². The highest BCUT2D eigenvalue weighted by molar-refractivity contribution is 7.89. The molecule has 164 valence electrons. The maximum Gasteiger partial charge on any atom is 0.257 e. The van der Waals surface area contributed by atoms with Crippen LogP contribution in [-0.4, -0.2) is 43.8 Å². The van der Waals surface area contributed by atoms with E-state index in [2.05, 4.69) is 10.3 Å². The molecule has 2 aromatic carbocycles. The zero-order valence-corrected chi connectivity index (χ0v) is 18.7. The van der Waals surface area contributed by atoms with Crippen molar-refractivity contribution in [3.8, 4) is 17.9 Å². The average Bonchev–Trinajstić information content (AvgIpc) is 3.20. The zero-order chi connectivity index (χ0) is 23.1. The van der Waals surface area contributed by atoms with Crippen molar-refractivity contribution in [2.24, 2.45) is 0 Å². The van der Waals surface area contributed by atoms with E-state index in [4.69, 9.17) is 15.3 Å². The quantitative estimate of drug-likeness (QED) is 0.507. The third-order valence-electron chi connectivity index (χ3n) is 4.52. The molecule has 3 aromatic rings. The van der Waals surface area contributed by atoms with Gasteiger partial charge >= 0.3 is 0 Å². The number of fused-ring (bicyclic) bond motifs is 1. The molecule has 1 aromatic heterocycles. The Bertz CT molecular complexity index is 1290. The summed E-state index contributed by atoms with van der Waals surface area (Å²) in [5.74, 6) is 0.264. The van der Waals surface area contributed by atoms with Crippen LogP contribution in [0.4, 0.5) is 5.13 Å². The van der Waals surface area contributed by atoms with Crippen molar-refractivity contribution in [2.45, 2.75) is 17.7 Å². The van der Waals surface area contributed by atoms with Gasteiger partial charge in [0.1, 0.15) is 5.75 Å². The Labute approximate surface area is 189 Å². The molecule has 0 aliphatic heterocycles. The van der Waals surface area contributed by atoms with Gasteiger partial charge in [0.05, 0.1) is 34.4 Å². The number of nitriles is 2. The fraction of sp³-hybridized carbons (Fsp3) is 0.238. The normalized spacial score (nSPS) is 11.1. The van der Waals surface area contributed by atoms with Crippen LogP contribution in [-0.2, 0) is 10.0 Å². The van der Waals surface area contributed by atoms with Crippen molar-refractivity contribution in [1.29, 1.82) is 10.5 Å². The molecule has 9 nitrogen and oxygen atoms in total. The second-order valence-electron chi connectivity index (χ2n) is 6.55. The Hall–Kier alpha value is -3.51. The van der Waals surface area contributed by atoms with Gasteiger partial charge in [-0.15, -0.1) is 0 Å². The number of anilines is 1. The van der Waals surface area contributed by atoms with Crippen LogP contribution in [0.5, 0.6) is 5.75 Å². The number of benzene rings is 2. The minimum absolute atomic E-state index is 0.00879. The van der Waals surface area contributed by atoms with Crippen LogP contribution in [0.3, 0.4) is 0 Å². The first kappa shape index (κ1) is 23.2. The lowest BCUT2D eigenvalue weighted by Gasteiger charge is -2.20. The predicted octanol–water partition coefficient (Wildman–Crippen LogP) is 3.38. The molecule has 0 aliphatic carbocycles. The van der Waals surface area contributed by atoms with E-state index in [1.54, 1.807) is 19.2 Å². The van der Waals surface area contributed by atoms with Crippen molar-refractivity contribution in [3.05, 3.63) is 48.0 Å². The number of carbonyl (C=O) groups excluding carboxylic acids is 1. The van der Waals surface area contributed by atoms with Gasteiger partial charge < -0.3 is 4.74 Å². The summed E-state index contributed by atoms with van der Waals surface area (Å²) in [7, 11) is -2.32. The molecule has 0 radical (unpaired) electrons. The second-order valence-corrected chi connectivity index (χ2v) is 9.52. The number of aromatic nitrogens is 1. The van der Waals surface area contributed by atoms with Crippen LogP contribution in [0.15, 0.2) is 47.4 Å². The summed E-state index contributed by atoms with van der Waals surface area (Å²) in [6.07, 6.45) is 0.0262. The lowest BCUT2D eigenvalue weighted by molar-refractivity contribution is 0.102. The molecule has 3 rings (SSSR count). The van der Waals surface area contributed by atoms with Gasteiger partial charge in [-0.2, -0.15) is 14.8 Å². The van der Waals surface area contributed by atoms with Crippen LogP contribution < -0.4 is 10.1 Å². The van der Waals surface area contributed by atoms with Gasteiger partial charge in [-0.3, -0.25) is 10.1 Å². The molecule has 0 atom stereocenters. The van der Waals surface area contributed by atoms with Gasteiger partial charge in [-0.25, -0.2) is 13.4 Å². The standard InChI is InChI=1S/C21H19N5O4S2/c1-30-16-6-9-18-19(14-16)31-21(24-18)25-20(27)15-4-7-17(8-5-15)32(28,29)26(12-2-10-22)13-3-11-23/h4-9,14H,2-3,12-13H2,1H3,(H,24,25,27). The van der Waals surface area contributed by atoms with E-state index in [0.29, 0.717) is 10.9 Å². The van der Waals surface area contributed by atoms with Crippen molar-refractivity contribution in [2.75, 3.05) is 25.5 Å². The van der Waals surface area contributed by atoms with E-state index in [9.17, 15) is 13.2 Å². The summed E-state index contributed by atoms with van der Waals surface area (Å²) in [5.41, 5.74) is 0.990. The van der Waals surface area contributed by atoms with Gasteiger partial charge in [-0.1, -0.05) is 11.3 Å². The minimum Gasteiger partial charge on any atom is -0.497 e. The molecule has 0 spiro atoms. The molecule has 0 bridgehead atoms. The van der Waals surface area contributed by atoms with Crippen LogP contribution in [0.25, 0.3) is 10.2 Å². The molecule has 11 heteroatoms. The number of nitrogens with one attached hydrogen (secondary N) is 1. The monoisotopic (exact) mass is 469 g/mol. The Kier molecular flexibility index (Phi) is 7.38. The molecule has 32 heavy (non-hydrogen) atoms. The molecule has 1 amide bonds. The average molecular weight is 470 g/mol. The Balaban J connectivity index is 1.76. The van der Waals surface area contributed by atoms with Gasteiger partial charge in [0.25, 0.3) is 5.91 Å². The van der Waals surface area contributed by atoms with Crippen LogP contribution in [0.2, 0.25) is 0 Å². The highest BCUT2D eigenvalue weighted by Crippen LogP contribution is 2.29. The molecular formula is C21H19N5O4S2. The Morgan fingerprint density at radius 1 is 1.12 bits per heavy atom. The summed E-state index contributed by atoms with van der Waals surface area (Å²) in [6, 6.07) is 14.7. The molecule has 0 saturated heterocycles. The Morgan fingerprint density at radius 2 is 1.78 bits per heavy atom. The number of amides is 1. The van der Waals surface area contributed by atoms with Crippen LogP contribution in [0, 0.1) is 22.7 Å². The number of thiazole rings is 1. The zero-order valence-electron chi connectivity index (χ0n) is 17.1. The van der Waals surface area contributed by atoms with Crippen molar-refractivity contribution < 1.29 is 17.9 Å². The number of hydrogen-bond donors (Lipinski definition) is 1. The number of methoxy groups -OCH3 is 1. The SMILES string of the molecule is COc1ccc2nc(NC(=O)c3ccc(S(=O)(=O)N(CCC#N)CCC#N)cc3)sc2c1. The first-order valence-electron chi connectivity index (χ1n) is 9.49. The first-order valence-corrected chi connectivity index (χ1v) is 11.7. The number of sulfonamides is 1. The van der Waals surface area contributed by atoms with Crippen molar-refractivity contribution >= 4 is 42.6 Å². The lowest BCUT2D eigenvalue weighted by atomic mass is 10.2. The summed E-state index contributed by atoms with van der Waals surface area (Å²) in [4.78, 5) is 16.9. The molecule has 0 aliphatic rings. The largest absolute Gasteiger partial charge is 0.497 e. The molecule has 0 saturated carbocycles. The third-order valence-corrected chi connectivity index (χ3v) is 7.36. The van der Waals surface area contributed by atoms with E-state index < -0.39 is 15.9 Å². The number of hydrogen-bond acceptors (Lipinski definition) is 8. The Morgan fingerprint density at radius 3 is 2.38 bits per heavy atom. The van der Waals surface area contributed by atoms with E-state index in [-0.39, 0.29) is 36.4 Å². The molecular weight excluding hydrogens is 450 g/mol. The fourth-order valence-corrected chi connectivity index (χ4v) is 5.21. The molecule has 0 unspecified atom stereocenters. The van der Waals surface area contributed by atoms with E-state index >= 15 is 0 Å². The lowest BCUT2D eigenvalue weighted by Crippen LogP contribution is -2.32. The summed E-state index contributed by atoms with van der Waals surface area (Å²) in [5, 5.41) is 20.7. The topological polar surface area (TPSA) is 136 Å². The number of rotatable bonds is 9. The van der Waals surface area contributed by atoms with E-state index in [0.717, 1.165) is 14.5 Å². The fourth-order valence-electron chi connectivity index (χ4n) is 2.88. The van der Waals surface area contributed by atoms with E-state index in [1.807, 2.05) is 18.2 Å². The third kappa shape index (κ3) is 5.21. The number of carbonyl (C=O) groups is 1. The molecule has 1 heterocycles. The predicted molar refractivity (Wildman–Crippen MR) is 120 cm³/mol. The molecule has 0 fully saturated rings.